The van der Waals surface area contributed by atoms with Crippen LogP contribution in [0.5, 0.6) is 0 Å². The number of esters is 2. The topological polar surface area (TPSA) is 81.4 Å². The van der Waals surface area contributed by atoms with Crippen molar-refractivity contribution in [3.8, 4) is 0 Å². The van der Waals surface area contributed by atoms with E-state index in [-0.39, 0.29) is 5.70 Å². The summed E-state index contributed by atoms with van der Waals surface area (Å²) in [4.78, 5) is 23.2. The number of benzene rings is 1. The first-order chi connectivity index (χ1) is 9.08. The maximum Gasteiger partial charge on any atom is 0.363 e. The van der Waals surface area contributed by atoms with Gasteiger partial charge >= 0.3 is 11.9 Å². The summed E-state index contributed by atoms with van der Waals surface area (Å²) in [6, 6.07) is 9.08. The first-order valence-corrected chi connectivity index (χ1v) is 6.32. The van der Waals surface area contributed by atoms with Gasteiger partial charge in [0, 0.05) is 5.75 Å². The fraction of sp³-hybridized carbons (Fsp3) is 0.231. The number of hydrogen-bond donors (Lipinski definition) is 3. The average molecular weight is 280 g/mol. The highest BCUT2D eigenvalue weighted by atomic mass is 32.1. The van der Waals surface area contributed by atoms with Gasteiger partial charge in [0.25, 0.3) is 0 Å². The molecular formula is C13H16N2O3S. The largest absolute Gasteiger partial charge is 0.388 e. The van der Waals surface area contributed by atoms with Gasteiger partial charge in [-0.2, -0.15) is 12.6 Å². The van der Waals surface area contributed by atoms with Crippen LogP contribution in [0.2, 0.25) is 0 Å². The van der Waals surface area contributed by atoms with Crippen LogP contribution in [0.4, 0.5) is 0 Å². The number of carbonyl (C=O) groups excluding carboxylic acids is 2. The van der Waals surface area contributed by atoms with E-state index in [1.54, 1.807) is 19.1 Å². The predicted molar refractivity (Wildman–Crippen MR) is 75.9 cm³/mol. The van der Waals surface area contributed by atoms with E-state index in [9.17, 15) is 9.59 Å². The van der Waals surface area contributed by atoms with E-state index in [1.807, 2.05) is 18.2 Å². The normalized spacial score (nSPS) is 12.7. The Morgan fingerprint density at radius 2 is 2.05 bits per heavy atom. The minimum absolute atomic E-state index is 0.00548. The van der Waals surface area contributed by atoms with Crippen molar-refractivity contribution in [3.05, 3.63) is 41.6 Å². The lowest BCUT2D eigenvalue weighted by molar-refractivity contribution is -0.159. The molecule has 0 bridgehead atoms. The third kappa shape index (κ3) is 4.76. The van der Waals surface area contributed by atoms with E-state index in [0.29, 0.717) is 5.75 Å². The number of carbonyl (C=O) groups is 2. The van der Waals surface area contributed by atoms with Crippen LogP contribution in [0.3, 0.4) is 0 Å². The van der Waals surface area contributed by atoms with Crippen molar-refractivity contribution in [3.63, 3.8) is 0 Å². The molecule has 0 aliphatic carbocycles. The smallest absolute Gasteiger partial charge is 0.363 e. The number of thiol groups is 1. The van der Waals surface area contributed by atoms with Crippen molar-refractivity contribution in [2.45, 2.75) is 6.92 Å². The van der Waals surface area contributed by atoms with Gasteiger partial charge in [-0.3, -0.25) is 10.6 Å². The van der Waals surface area contributed by atoms with E-state index < -0.39 is 17.9 Å². The van der Waals surface area contributed by atoms with Crippen LogP contribution in [0.15, 0.2) is 36.0 Å². The molecule has 0 amide bonds. The third-order valence-electron chi connectivity index (χ3n) is 2.36. The lowest BCUT2D eigenvalue weighted by atomic mass is 10.2. The monoisotopic (exact) mass is 280 g/mol. The second-order valence-electron chi connectivity index (χ2n) is 3.91. The molecule has 1 aromatic rings. The summed E-state index contributed by atoms with van der Waals surface area (Å²) in [5.74, 6) is 3.67. The molecular weight excluding hydrogens is 264 g/mol. The molecule has 0 saturated heterocycles. The molecule has 0 fully saturated rings. The molecule has 1 atom stereocenters. The summed E-state index contributed by atoms with van der Waals surface area (Å²) >= 11 is 3.97. The maximum atomic E-state index is 11.7. The summed E-state index contributed by atoms with van der Waals surface area (Å²) in [5, 5.41) is 0. The Kier molecular flexibility index (Phi) is 6.11. The number of nitrogens with one attached hydrogen (secondary N) is 1. The summed E-state index contributed by atoms with van der Waals surface area (Å²) in [7, 11) is 0. The van der Waals surface area contributed by atoms with Gasteiger partial charge in [-0.25, -0.2) is 4.79 Å². The van der Waals surface area contributed by atoms with Crippen molar-refractivity contribution in [1.82, 2.24) is 5.43 Å². The Bertz CT molecular complexity index is 474. The van der Waals surface area contributed by atoms with Gasteiger partial charge < -0.3 is 10.2 Å². The van der Waals surface area contributed by atoms with Crippen molar-refractivity contribution in [1.29, 1.82) is 0 Å². The molecule has 0 radical (unpaired) electrons. The van der Waals surface area contributed by atoms with E-state index in [1.165, 1.54) is 6.08 Å². The minimum atomic E-state index is -0.815. The zero-order chi connectivity index (χ0) is 14.3. The molecule has 0 aliphatic rings. The minimum Gasteiger partial charge on any atom is -0.388 e. The number of nitrogens with two attached hydrogens (primary N) is 1. The van der Waals surface area contributed by atoms with Gasteiger partial charge in [-0.05, 0) is 11.6 Å². The van der Waals surface area contributed by atoms with Gasteiger partial charge in [0.1, 0.15) is 5.70 Å². The standard InChI is InChI=1S/C13H16N2O3S/c1-9(8-19)12(16)18-13(17)11(15-14)7-10-5-3-2-4-6-10/h2-7,9,15,19H,8,14H2,1H3/t9-/m1/s1. The Labute approximate surface area is 117 Å². The fourth-order valence-corrected chi connectivity index (χ4v) is 1.35. The molecule has 102 valence electrons. The van der Waals surface area contributed by atoms with Crippen molar-refractivity contribution in [2.75, 3.05) is 5.75 Å². The second kappa shape index (κ2) is 7.60. The third-order valence-corrected chi connectivity index (χ3v) is 2.90. The molecule has 5 nitrogen and oxygen atoms in total. The van der Waals surface area contributed by atoms with E-state index in [0.717, 1.165) is 5.56 Å². The van der Waals surface area contributed by atoms with Crippen LogP contribution in [-0.2, 0) is 14.3 Å². The van der Waals surface area contributed by atoms with Gasteiger partial charge in [0.15, 0.2) is 0 Å². The Morgan fingerprint density at radius 1 is 1.42 bits per heavy atom. The molecule has 1 rings (SSSR count). The van der Waals surface area contributed by atoms with Gasteiger partial charge in [-0.15, -0.1) is 0 Å². The highest BCUT2D eigenvalue weighted by Crippen LogP contribution is 2.07. The Morgan fingerprint density at radius 3 is 2.58 bits per heavy atom. The van der Waals surface area contributed by atoms with Crippen LogP contribution < -0.4 is 11.3 Å². The van der Waals surface area contributed by atoms with E-state index in [4.69, 9.17) is 10.6 Å². The van der Waals surface area contributed by atoms with Crippen LogP contribution in [0.25, 0.3) is 6.08 Å². The Balaban J connectivity index is 2.78. The molecule has 0 heterocycles. The quantitative estimate of drug-likeness (QED) is 0.188. The molecule has 0 aliphatic heterocycles. The second-order valence-corrected chi connectivity index (χ2v) is 4.27. The first-order valence-electron chi connectivity index (χ1n) is 5.68. The molecule has 0 unspecified atom stereocenters. The SMILES string of the molecule is C[C@H](CS)C(=O)OC(=O)C(=Cc1ccccc1)NN. The molecule has 3 N–H and O–H groups in total. The first kappa shape index (κ1) is 15.3. The lowest BCUT2D eigenvalue weighted by Gasteiger charge is -2.09. The lowest BCUT2D eigenvalue weighted by Crippen LogP contribution is -2.30. The van der Waals surface area contributed by atoms with Crippen LogP contribution in [0, 0.1) is 5.92 Å². The summed E-state index contributed by atoms with van der Waals surface area (Å²) in [5.41, 5.74) is 3.00. The maximum absolute atomic E-state index is 11.7. The Hall–Kier alpha value is -1.79. The molecule has 19 heavy (non-hydrogen) atoms. The summed E-state index contributed by atoms with van der Waals surface area (Å²) in [6.45, 7) is 1.62. The predicted octanol–water partition coefficient (Wildman–Crippen LogP) is 1.13. The van der Waals surface area contributed by atoms with Crippen molar-refractivity contribution >= 4 is 30.6 Å². The van der Waals surface area contributed by atoms with E-state index in [2.05, 4.69) is 18.1 Å². The van der Waals surface area contributed by atoms with Crippen molar-refractivity contribution in [2.24, 2.45) is 11.8 Å². The average Bonchev–Trinajstić information content (AvgIpc) is 2.44. The molecule has 0 spiro atoms. The fourth-order valence-electron chi connectivity index (χ4n) is 1.20. The van der Waals surface area contributed by atoms with Crippen molar-refractivity contribution < 1.29 is 14.3 Å². The summed E-state index contributed by atoms with van der Waals surface area (Å²) in [6.07, 6.45) is 1.50. The number of ether oxygens (including phenoxy) is 1. The zero-order valence-corrected chi connectivity index (χ0v) is 11.4. The molecule has 6 heteroatoms. The number of hydrogen-bond acceptors (Lipinski definition) is 6. The van der Waals surface area contributed by atoms with Crippen LogP contribution >= 0.6 is 12.6 Å². The molecule has 1 aromatic carbocycles. The molecule has 0 aromatic heterocycles. The number of rotatable bonds is 5. The highest BCUT2D eigenvalue weighted by molar-refractivity contribution is 7.80. The highest BCUT2D eigenvalue weighted by Gasteiger charge is 2.19. The summed E-state index contributed by atoms with van der Waals surface area (Å²) < 4.78 is 4.69. The number of hydrazine groups is 1. The van der Waals surface area contributed by atoms with Crippen LogP contribution in [-0.4, -0.2) is 17.7 Å². The van der Waals surface area contributed by atoms with Gasteiger partial charge in [0.05, 0.1) is 5.92 Å². The van der Waals surface area contributed by atoms with Gasteiger partial charge in [-0.1, -0.05) is 37.3 Å². The zero-order valence-electron chi connectivity index (χ0n) is 10.5. The van der Waals surface area contributed by atoms with Gasteiger partial charge in [0.2, 0.25) is 0 Å². The van der Waals surface area contributed by atoms with Crippen LogP contribution in [0.1, 0.15) is 12.5 Å². The van der Waals surface area contributed by atoms with E-state index >= 15 is 0 Å². The molecule has 0 saturated carbocycles.